The standard InChI is InChI=1S/C9H7BrF2N4S2/c1-17-9-15-14-8(7(11)12)16(9)13-3-6-2-5(10)4-18-6/h2-4,7H,1H3/b13-3-. The highest BCUT2D eigenvalue weighted by Gasteiger charge is 2.19. The second-order valence-corrected chi connectivity index (χ2v) is 5.70. The maximum Gasteiger partial charge on any atom is 0.299 e. The lowest BCUT2D eigenvalue weighted by Crippen LogP contribution is -2.00. The Labute approximate surface area is 118 Å². The van der Waals surface area contributed by atoms with Gasteiger partial charge >= 0.3 is 0 Å². The van der Waals surface area contributed by atoms with Gasteiger partial charge in [0, 0.05) is 14.7 Å². The molecule has 0 aliphatic heterocycles. The Hall–Kier alpha value is -0.800. The minimum absolute atomic E-state index is 0.331. The van der Waals surface area contributed by atoms with E-state index in [0.717, 1.165) is 14.0 Å². The summed E-state index contributed by atoms with van der Waals surface area (Å²) in [5, 5.41) is 13.3. The van der Waals surface area contributed by atoms with E-state index in [1.807, 2.05) is 11.4 Å². The number of thiophene rings is 1. The lowest BCUT2D eigenvalue weighted by atomic mass is 10.5. The van der Waals surface area contributed by atoms with Crippen molar-refractivity contribution >= 4 is 45.2 Å². The third-order valence-electron chi connectivity index (χ3n) is 1.90. The summed E-state index contributed by atoms with van der Waals surface area (Å²) >= 11 is 5.97. The van der Waals surface area contributed by atoms with E-state index in [4.69, 9.17) is 0 Å². The number of thioether (sulfide) groups is 1. The summed E-state index contributed by atoms with van der Waals surface area (Å²) in [4.78, 5) is 0.850. The van der Waals surface area contributed by atoms with Crippen molar-refractivity contribution in [1.29, 1.82) is 0 Å². The van der Waals surface area contributed by atoms with Gasteiger partial charge in [0.25, 0.3) is 6.43 Å². The molecule has 9 heteroatoms. The molecule has 0 unspecified atom stereocenters. The Kier molecular flexibility index (Phi) is 4.46. The van der Waals surface area contributed by atoms with E-state index in [-0.39, 0.29) is 0 Å². The molecular weight excluding hydrogens is 346 g/mol. The normalized spacial score (nSPS) is 11.8. The van der Waals surface area contributed by atoms with Crippen molar-refractivity contribution in [2.45, 2.75) is 11.6 Å². The largest absolute Gasteiger partial charge is 0.299 e. The van der Waals surface area contributed by atoms with Crippen molar-refractivity contribution in [3.63, 3.8) is 0 Å². The van der Waals surface area contributed by atoms with Gasteiger partial charge in [-0.25, -0.2) is 8.78 Å². The fourth-order valence-corrected chi connectivity index (χ4v) is 2.89. The quantitative estimate of drug-likeness (QED) is 0.623. The van der Waals surface area contributed by atoms with Crippen molar-refractivity contribution in [1.82, 2.24) is 14.9 Å². The molecule has 2 rings (SSSR count). The zero-order valence-electron chi connectivity index (χ0n) is 9.05. The van der Waals surface area contributed by atoms with Gasteiger partial charge in [-0.15, -0.1) is 21.5 Å². The molecule has 0 bridgehead atoms. The molecule has 96 valence electrons. The number of aromatic nitrogens is 3. The Morgan fingerprint density at radius 3 is 2.89 bits per heavy atom. The van der Waals surface area contributed by atoms with Crippen LogP contribution in [0.1, 0.15) is 17.1 Å². The van der Waals surface area contributed by atoms with Gasteiger partial charge in [-0.05, 0) is 28.3 Å². The van der Waals surface area contributed by atoms with E-state index in [9.17, 15) is 8.78 Å². The fourth-order valence-electron chi connectivity index (χ4n) is 1.16. The monoisotopic (exact) mass is 352 g/mol. The lowest BCUT2D eigenvalue weighted by molar-refractivity contribution is 0.135. The molecule has 0 aliphatic carbocycles. The summed E-state index contributed by atoms with van der Waals surface area (Å²) < 4.78 is 27.4. The van der Waals surface area contributed by atoms with Gasteiger partial charge in [0.2, 0.25) is 11.0 Å². The first-order valence-electron chi connectivity index (χ1n) is 4.67. The minimum Gasteiger partial charge on any atom is -0.201 e. The van der Waals surface area contributed by atoms with Crippen molar-refractivity contribution in [2.24, 2.45) is 5.10 Å². The molecule has 0 spiro atoms. The smallest absolute Gasteiger partial charge is 0.201 e. The number of hydrogen-bond acceptors (Lipinski definition) is 5. The Bertz CT molecular complexity index is 567. The molecule has 18 heavy (non-hydrogen) atoms. The molecule has 2 heterocycles. The van der Waals surface area contributed by atoms with Crippen LogP contribution in [0.2, 0.25) is 0 Å². The molecule has 0 fully saturated rings. The van der Waals surface area contributed by atoms with Gasteiger partial charge in [-0.2, -0.15) is 9.78 Å². The molecule has 0 radical (unpaired) electrons. The second-order valence-electron chi connectivity index (χ2n) is 3.07. The number of halogens is 3. The first-order valence-corrected chi connectivity index (χ1v) is 7.57. The first-order chi connectivity index (χ1) is 8.61. The summed E-state index contributed by atoms with van der Waals surface area (Å²) in [5.41, 5.74) is 0. The van der Waals surface area contributed by atoms with Crippen LogP contribution < -0.4 is 0 Å². The molecule has 0 saturated heterocycles. The van der Waals surface area contributed by atoms with E-state index in [2.05, 4.69) is 31.2 Å². The van der Waals surface area contributed by atoms with E-state index in [0.29, 0.717) is 5.16 Å². The minimum atomic E-state index is -2.70. The van der Waals surface area contributed by atoms with Crippen LogP contribution in [0.4, 0.5) is 8.78 Å². The number of rotatable bonds is 4. The van der Waals surface area contributed by atoms with Crippen LogP contribution in [0.3, 0.4) is 0 Å². The molecule has 2 aromatic rings. The number of hydrogen-bond donors (Lipinski definition) is 0. The molecule has 0 saturated carbocycles. The van der Waals surface area contributed by atoms with Crippen LogP contribution in [0.25, 0.3) is 0 Å². The first kappa shape index (κ1) is 13.6. The highest BCUT2D eigenvalue weighted by atomic mass is 79.9. The molecular formula is C9H7BrF2N4S2. The molecule has 0 amide bonds. The molecule has 2 aromatic heterocycles. The highest BCUT2D eigenvalue weighted by molar-refractivity contribution is 9.10. The Balaban J connectivity index is 2.32. The Morgan fingerprint density at radius 2 is 2.33 bits per heavy atom. The third-order valence-corrected chi connectivity index (χ3v) is 4.15. The average Bonchev–Trinajstić information content (AvgIpc) is 2.91. The summed E-state index contributed by atoms with van der Waals surface area (Å²) in [7, 11) is 0. The van der Waals surface area contributed by atoms with Gasteiger partial charge in [0.1, 0.15) is 0 Å². The molecule has 4 nitrogen and oxygen atoms in total. The van der Waals surface area contributed by atoms with E-state index in [1.165, 1.54) is 29.3 Å². The fraction of sp³-hybridized carbons (Fsp3) is 0.222. The summed E-state index contributed by atoms with van der Waals surface area (Å²) in [5.74, 6) is -0.453. The van der Waals surface area contributed by atoms with Crippen LogP contribution in [0.5, 0.6) is 0 Å². The lowest BCUT2D eigenvalue weighted by Gasteiger charge is -2.00. The van der Waals surface area contributed by atoms with E-state index >= 15 is 0 Å². The molecule has 0 atom stereocenters. The van der Waals surface area contributed by atoms with Crippen molar-refractivity contribution in [3.05, 3.63) is 26.6 Å². The predicted octanol–water partition coefficient (Wildman–Crippen LogP) is 3.64. The predicted molar refractivity (Wildman–Crippen MR) is 71.8 cm³/mol. The zero-order valence-corrected chi connectivity index (χ0v) is 12.3. The summed E-state index contributed by atoms with van der Waals surface area (Å²) in [6.07, 6.45) is 0.530. The second kappa shape index (κ2) is 5.89. The van der Waals surface area contributed by atoms with Gasteiger partial charge in [0.15, 0.2) is 0 Å². The topological polar surface area (TPSA) is 43.1 Å². The van der Waals surface area contributed by atoms with Gasteiger partial charge < -0.3 is 0 Å². The average molecular weight is 353 g/mol. The van der Waals surface area contributed by atoms with E-state index in [1.54, 1.807) is 6.26 Å². The third kappa shape index (κ3) is 2.96. The summed E-state index contributed by atoms with van der Waals surface area (Å²) in [6, 6.07) is 1.85. The van der Waals surface area contributed by atoms with Crippen LogP contribution >= 0.6 is 39.0 Å². The van der Waals surface area contributed by atoms with E-state index < -0.39 is 12.2 Å². The molecule has 0 aliphatic rings. The van der Waals surface area contributed by atoms with Crippen LogP contribution in [0, 0.1) is 0 Å². The molecule has 0 aromatic carbocycles. The van der Waals surface area contributed by atoms with Gasteiger partial charge in [0.05, 0.1) is 6.21 Å². The number of alkyl halides is 2. The van der Waals surface area contributed by atoms with Crippen molar-refractivity contribution in [2.75, 3.05) is 6.26 Å². The zero-order chi connectivity index (χ0) is 13.1. The highest BCUT2D eigenvalue weighted by Crippen LogP contribution is 2.22. The van der Waals surface area contributed by atoms with Crippen molar-refractivity contribution in [3.8, 4) is 0 Å². The van der Waals surface area contributed by atoms with Crippen LogP contribution in [-0.4, -0.2) is 27.3 Å². The van der Waals surface area contributed by atoms with Crippen molar-refractivity contribution < 1.29 is 8.78 Å². The van der Waals surface area contributed by atoms with Gasteiger partial charge in [-0.3, -0.25) is 0 Å². The maximum atomic E-state index is 12.7. The molecule has 0 N–H and O–H groups in total. The van der Waals surface area contributed by atoms with Crippen LogP contribution in [-0.2, 0) is 0 Å². The van der Waals surface area contributed by atoms with Crippen LogP contribution in [0.15, 0.2) is 26.2 Å². The maximum absolute atomic E-state index is 12.7. The number of nitrogens with zero attached hydrogens (tertiary/aromatic N) is 4. The van der Waals surface area contributed by atoms with Gasteiger partial charge in [-0.1, -0.05) is 11.8 Å². The summed E-state index contributed by atoms with van der Waals surface area (Å²) in [6.45, 7) is 0. The Morgan fingerprint density at radius 1 is 1.56 bits per heavy atom. The SMILES string of the molecule is CSc1nnc(C(F)F)n1/N=C\c1cc(Br)cs1.